The molecule has 4 heteroatoms. The lowest BCUT2D eigenvalue weighted by Gasteiger charge is -2.32. The van der Waals surface area contributed by atoms with Crippen LogP contribution in [0.1, 0.15) is 44.4 Å². The highest BCUT2D eigenvalue weighted by molar-refractivity contribution is 5.76. The number of para-hydroxylation sites is 2. The molecule has 0 atom stereocenters. The van der Waals surface area contributed by atoms with E-state index in [2.05, 4.69) is 23.2 Å². The van der Waals surface area contributed by atoms with Gasteiger partial charge in [-0.1, -0.05) is 43.5 Å². The zero-order valence-corrected chi connectivity index (χ0v) is 15.0. The molecule has 4 rings (SSSR count). The van der Waals surface area contributed by atoms with Crippen LogP contribution < -0.4 is 0 Å². The summed E-state index contributed by atoms with van der Waals surface area (Å²) >= 11 is 0. The van der Waals surface area contributed by atoms with E-state index in [1.165, 1.54) is 6.42 Å². The van der Waals surface area contributed by atoms with Gasteiger partial charge in [0.2, 0.25) is 5.89 Å². The summed E-state index contributed by atoms with van der Waals surface area (Å²) in [5.74, 6) is 1.36. The first-order valence-corrected chi connectivity index (χ1v) is 9.19. The Morgan fingerprint density at radius 1 is 1.19 bits per heavy atom. The third-order valence-corrected chi connectivity index (χ3v) is 5.42. The number of fused-ring (bicyclic) bond motifs is 1. The predicted molar refractivity (Wildman–Crippen MR) is 101 cm³/mol. The number of allylic oxidation sites excluding steroid dienone is 5. The standard InChI is InChI=1S/C22H22N2O2/c1-25-20-14-16(21-24-18-10-3-4-11-19(18)26-21)8-7-9-17(20)22(15-23)12-5-2-6-13-22/h3-4,7,9-11,14H,2,5-6,8,12-13H2,1H3. The van der Waals surface area contributed by atoms with Gasteiger partial charge in [0, 0.05) is 11.1 Å². The summed E-state index contributed by atoms with van der Waals surface area (Å²) in [5, 5.41) is 9.95. The topological polar surface area (TPSA) is 59.0 Å². The van der Waals surface area contributed by atoms with E-state index in [0.717, 1.165) is 53.7 Å². The second-order valence-corrected chi connectivity index (χ2v) is 7.00. The van der Waals surface area contributed by atoms with Crippen LogP contribution in [0, 0.1) is 16.7 Å². The molecule has 0 unspecified atom stereocenters. The summed E-state index contributed by atoms with van der Waals surface area (Å²) in [6, 6.07) is 10.4. The summed E-state index contributed by atoms with van der Waals surface area (Å²) in [4.78, 5) is 4.61. The van der Waals surface area contributed by atoms with Crippen LogP contribution in [0.5, 0.6) is 0 Å². The SMILES string of the molecule is COC1=C(C2(C#N)CCCCC2)C=CCC(c2nc3ccccc3o2)=C1. The van der Waals surface area contributed by atoms with Gasteiger partial charge >= 0.3 is 0 Å². The molecule has 0 saturated heterocycles. The molecule has 2 aromatic rings. The third-order valence-electron chi connectivity index (χ3n) is 5.42. The number of ether oxygens (including phenoxy) is 1. The Morgan fingerprint density at radius 2 is 2.00 bits per heavy atom. The van der Waals surface area contributed by atoms with Crippen molar-refractivity contribution in [2.24, 2.45) is 5.41 Å². The Labute approximate surface area is 153 Å². The Hall–Kier alpha value is -2.80. The number of oxazole rings is 1. The predicted octanol–water partition coefficient (Wildman–Crippen LogP) is 5.55. The van der Waals surface area contributed by atoms with E-state index in [0.29, 0.717) is 12.3 Å². The molecule has 1 saturated carbocycles. The van der Waals surface area contributed by atoms with Crippen LogP contribution >= 0.6 is 0 Å². The molecule has 0 N–H and O–H groups in total. The lowest BCUT2D eigenvalue weighted by atomic mass is 9.69. The normalized spacial score (nSPS) is 19.8. The molecule has 1 fully saturated rings. The van der Waals surface area contributed by atoms with Crippen LogP contribution in [0.25, 0.3) is 16.7 Å². The van der Waals surface area contributed by atoms with E-state index in [-0.39, 0.29) is 0 Å². The highest BCUT2D eigenvalue weighted by Crippen LogP contribution is 2.45. The lowest BCUT2D eigenvalue weighted by Crippen LogP contribution is -2.25. The molecule has 132 valence electrons. The Kier molecular flexibility index (Phi) is 4.38. The van der Waals surface area contributed by atoms with Crippen molar-refractivity contribution in [2.45, 2.75) is 38.5 Å². The number of nitriles is 1. The smallest absolute Gasteiger partial charge is 0.223 e. The largest absolute Gasteiger partial charge is 0.496 e. The van der Waals surface area contributed by atoms with Crippen LogP contribution in [-0.2, 0) is 4.74 Å². The lowest BCUT2D eigenvalue weighted by molar-refractivity contribution is 0.271. The monoisotopic (exact) mass is 346 g/mol. The molecule has 1 heterocycles. The minimum absolute atomic E-state index is 0.451. The minimum Gasteiger partial charge on any atom is -0.496 e. The van der Waals surface area contributed by atoms with Gasteiger partial charge in [-0.3, -0.25) is 0 Å². The molecule has 1 aromatic heterocycles. The van der Waals surface area contributed by atoms with Gasteiger partial charge in [0.25, 0.3) is 0 Å². The molecule has 0 bridgehead atoms. The summed E-state index contributed by atoms with van der Waals surface area (Å²) in [6.45, 7) is 0. The van der Waals surface area contributed by atoms with Crippen LogP contribution in [0.3, 0.4) is 0 Å². The van der Waals surface area contributed by atoms with Crippen molar-refractivity contribution in [2.75, 3.05) is 7.11 Å². The second-order valence-electron chi connectivity index (χ2n) is 7.00. The van der Waals surface area contributed by atoms with Crippen molar-refractivity contribution >= 4 is 16.7 Å². The number of aromatic nitrogens is 1. The summed E-state index contributed by atoms with van der Waals surface area (Å²) in [6.07, 6.45) is 12.0. The highest BCUT2D eigenvalue weighted by atomic mass is 16.5. The Bertz CT molecular complexity index is 917. The molecule has 2 aliphatic carbocycles. The van der Waals surface area contributed by atoms with Crippen LogP contribution in [0.15, 0.2) is 58.2 Å². The van der Waals surface area contributed by atoms with Crippen molar-refractivity contribution in [3.05, 3.63) is 59.7 Å². The zero-order valence-electron chi connectivity index (χ0n) is 15.0. The molecule has 0 aliphatic heterocycles. The average molecular weight is 346 g/mol. The summed E-state index contributed by atoms with van der Waals surface area (Å²) in [5.41, 5.74) is 3.13. The van der Waals surface area contributed by atoms with Crippen LogP contribution in [0.4, 0.5) is 0 Å². The van der Waals surface area contributed by atoms with Gasteiger partial charge in [0.05, 0.1) is 18.6 Å². The number of hydrogen-bond donors (Lipinski definition) is 0. The number of methoxy groups -OCH3 is 1. The van der Waals surface area contributed by atoms with E-state index >= 15 is 0 Å². The average Bonchev–Trinajstić information content (AvgIpc) is 3.00. The third kappa shape index (κ3) is 2.84. The first-order valence-electron chi connectivity index (χ1n) is 9.19. The first kappa shape index (κ1) is 16.7. The summed E-state index contributed by atoms with van der Waals surface area (Å²) in [7, 11) is 1.67. The maximum absolute atomic E-state index is 9.95. The highest BCUT2D eigenvalue weighted by Gasteiger charge is 2.37. The number of hydrogen-bond acceptors (Lipinski definition) is 4. The molecule has 0 amide bonds. The van der Waals surface area contributed by atoms with Gasteiger partial charge in [0.1, 0.15) is 11.3 Å². The van der Waals surface area contributed by atoms with E-state index in [4.69, 9.17) is 9.15 Å². The molecule has 2 aliphatic rings. The Morgan fingerprint density at radius 3 is 2.73 bits per heavy atom. The van der Waals surface area contributed by atoms with E-state index in [1.807, 2.05) is 30.3 Å². The molecule has 0 spiro atoms. The van der Waals surface area contributed by atoms with E-state index in [9.17, 15) is 5.26 Å². The van der Waals surface area contributed by atoms with Gasteiger partial charge in [0.15, 0.2) is 5.58 Å². The zero-order chi connectivity index (χ0) is 18.0. The van der Waals surface area contributed by atoms with Crippen molar-refractivity contribution in [1.29, 1.82) is 5.26 Å². The van der Waals surface area contributed by atoms with E-state index < -0.39 is 5.41 Å². The van der Waals surface area contributed by atoms with E-state index in [1.54, 1.807) is 7.11 Å². The quantitative estimate of drug-likeness (QED) is 0.731. The molecule has 0 radical (unpaired) electrons. The molecule has 26 heavy (non-hydrogen) atoms. The number of nitrogens with zero attached hydrogens (tertiary/aromatic N) is 2. The fourth-order valence-corrected chi connectivity index (χ4v) is 4.00. The summed E-state index contributed by atoms with van der Waals surface area (Å²) < 4.78 is 11.7. The van der Waals surface area contributed by atoms with Gasteiger partial charge in [-0.15, -0.1) is 0 Å². The molecule has 4 nitrogen and oxygen atoms in total. The van der Waals surface area contributed by atoms with Crippen molar-refractivity contribution in [3.63, 3.8) is 0 Å². The van der Waals surface area contributed by atoms with Gasteiger partial charge in [-0.05, 0) is 37.5 Å². The molecular formula is C22H22N2O2. The fourth-order valence-electron chi connectivity index (χ4n) is 4.00. The maximum Gasteiger partial charge on any atom is 0.223 e. The minimum atomic E-state index is -0.451. The van der Waals surface area contributed by atoms with Gasteiger partial charge in [-0.25, -0.2) is 4.98 Å². The number of benzene rings is 1. The van der Waals surface area contributed by atoms with Gasteiger partial charge < -0.3 is 9.15 Å². The van der Waals surface area contributed by atoms with Crippen molar-refractivity contribution in [3.8, 4) is 6.07 Å². The van der Waals surface area contributed by atoms with Gasteiger partial charge in [-0.2, -0.15) is 5.26 Å². The Balaban J connectivity index is 1.79. The van der Waals surface area contributed by atoms with Crippen molar-refractivity contribution in [1.82, 2.24) is 4.98 Å². The first-order chi connectivity index (χ1) is 12.8. The van der Waals surface area contributed by atoms with Crippen LogP contribution in [0.2, 0.25) is 0 Å². The second kappa shape index (κ2) is 6.84. The van der Waals surface area contributed by atoms with Crippen molar-refractivity contribution < 1.29 is 9.15 Å². The molecule has 1 aromatic carbocycles. The fraction of sp³-hybridized carbons (Fsp3) is 0.364. The number of rotatable bonds is 3. The van der Waals surface area contributed by atoms with Crippen LogP contribution in [-0.4, -0.2) is 12.1 Å². The maximum atomic E-state index is 9.95. The molecular weight excluding hydrogens is 324 g/mol.